The lowest BCUT2D eigenvalue weighted by molar-refractivity contribution is 1.24. The van der Waals surface area contributed by atoms with Crippen molar-refractivity contribution in [1.82, 2.24) is 0 Å². The van der Waals surface area contributed by atoms with E-state index in [1.807, 2.05) is 0 Å². The van der Waals surface area contributed by atoms with Gasteiger partial charge in [0.25, 0.3) is 0 Å². The van der Waals surface area contributed by atoms with Gasteiger partial charge in [0.2, 0.25) is 0 Å². The third kappa shape index (κ3) is 3.20. The van der Waals surface area contributed by atoms with Crippen LogP contribution in [0.4, 0.5) is 0 Å². The van der Waals surface area contributed by atoms with Gasteiger partial charge in [-0.05, 0) is 56.4 Å². The quantitative estimate of drug-likeness (QED) is 0.611. The molecule has 0 N–H and O–H groups in total. The Morgan fingerprint density at radius 3 is 1.24 bits per heavy atom. The van der Waals surface area contributed by atoms with E-state index in [-0.39, 0.29) is 0 Å². The minimum absolute atomic E-state index is 1.04. The van der Waals surface area contributed by atoms with E-state index in [4.69, 9.17) is 0 Å². The molecule has 90 valence electrons. The van der Waals surface area contributed by atoms with Crippen molar-refractivity contribution in [2.24, 2.45) is 0 Å². The molecule has 1 aliphatic rings. The van der Waals surface area contributed by atoms with E-state index in [0.717, 1.165) is 6.42 Å². The van der Waals surface area contributed by atoms with Crippen LogP contribution in [0.3, 0.4) is 0 Å². The van der Waals surface area contributed by atoms with Gasteiger partial charge < -0.3 is 0 Å². The fourth-order valence-electron chi connectivity index (χ4n) is 2.17. The van der Waals surface area contributed by atoms with Crippen LogP contribution in [0.15, 0.2) is 70.9 Å². The van der Waals surface area contributed by atoms with Crippen LogP contribution in [0.5, 0.6) is 0 Å². The lowest BCUT2D eigenvalue weighted by Gasteiger charge is -2.01. The molecule has 0 atom stereocenters. The first-order chi connectivity index (χ1) is 8.28. The van der Waals surface area contributed by atoms with Crippen molar-refractivity contribution in [2.45, 2.75) is 34.1 Å². The van der Waals surface area contributed by atoms with Crippen LogP contribution in [0.25, 0.3) is 0 Å². The monoisotopic (exact) mass is 226 g/mol. The van der Waals surface area contributed by atoms with Gasteiger partial charge in [-0.25, -0.2) is 0 Å². The lowest BCUT2D eigenvalue weighted by atomic mass is 10.0. The highest BCUT2D eigenvalue weighted by atomic mass is 14.2. The summed E-state index contributed by atoms with van der Waals surface area (Å²) in [6.07, 6.45) is 18.3. The van der Waals surface area contributed by atoms with Gasteiger partial charge in [0, 0.05) is 0 Å². The Bertz CT molecular complexity index is 393. The van der Waals surface area contributed by atoms with E-state index in [1.165, 1.54) is 22.3 Å². The van der Waals surface area contributed by atoms with Crippen LogP contribution in [0.2, 0.25) is 0 Å². The molecule has 0 spiro atoms. The van der Waals surface area contributed by atoms with E-state index in [1.54, 1.807) is 0 Å². The van der Waals surface area contributed by atoms with Gasteiger partial charge in [0.05, 0.1) is 0 Å². The van der Waals surface area contributed by atoms with Gasteiger partial charge in [0.1, 0.15) is 0 Å². The standard InChI is InChI=1S/C17H22/c1-5-9-14-13-15(10-6-2)17(12-8-4)16(14)11-7-3/h5-12H,13H2,1-4H3/b9-5-,10-6-,11-7-,12-8-. The van der Waals surface area contributed by atoms with Gasteiger partial charge in [-0.1, -0.05) is 48.6 Å². The molecule has 0 amide bonds. The summed E-state index contributed by atoms with van der Waals surface area (Å²) < 4.78 is 0. The zero-order chi connectivity index (χ0) is 12.7. The number of allylic oxidation sites excluding steroid dienone is 12. The Hall–Kier alpha value is -1.56. The first-order valence-corrected chi connectivity index (χ1v) is 6.25. The van der Waals surface area contributed by atoms with Gasteiger partial charge in [0.15, 0.2) is 0 Å². The Morgan fingerprint density at radius 1 is 0.588 bits per heavy atom. The maximum atomic E-state index is 2.22. The zero-order valence-electron chi connectivity index (χ0n) is 11.3. The molecule has 0 bridgehead atoms. The summed E-state index contributed by atoms with van der Waals surface area (Å²) in [5, 5.41) is 0. The van der Waals surface area contributed by atoms with Crippen LogP contribution in [-0.2, 0) is 0 Å². The van der Waals surface area contributed by atoms with E-state index in [9.17, 15) is 0 Å². The molecule has 0 saturated heterocycles. The molecule has 0 aromatic rings. The normalized spacial score (nSPS) is 18.1. The summed E-state index contributed by atoms with van der Waals surface area (Å²) >= 11 is 0. The summed E-state index contributed by atoms with van der Waals surface area (Å²) in [5.41, 5.74) is 5.53. The molecular weight excluding hydrogens is 204 g/mol. The molecule has 1 aliphatic carbocycles. The van der Waals surface area contributed by atoms with Crippen molar-refractivity contribution in [2.75, 3.05) is 0 Å². The number of hydrogen-bond acceptors (Lipinski definition) is 0. The third-order valence-corrected chi connectivity index (χ3v) is 2.77. The van der Waals surface area contributed by atoms with Crippen LogP contribution in [0, 0.1) is 0 Å². The van der Waals surface area contributed by atoms with Gasteiger partial charge in [-0.2, -0.15) is 0 Å². The summed E-state index contributed by atoms with van der Waals surface area (Å²) in [5.74, 6) is 0. The van der Waals surface area contributed by atoms with Crippen molar-refractivity contribution in [1.29, 1.82) is 0 Å². The molecule has 0 radical (unpaired) electrons. The molecule has 0 heterocycles. The highest BCUT2D eigenvalue weighted by molar-refractivity contribution is 5.62. The van der Waals surface area contributed by atoms with Crippen molar-refractivity contribution in [3.8, 4) is 0 Å². The molecule has 0 aliphatic heterocycles. The second kappa shape index (κ2) is 6.90. The fourth-order valence-corrected chi connectivity index (χ4v) is 2.17. The molecular formula is C17H22. The first kappa shape index (κ1) is 13.5. The lowest BCUT2D eigenvalue weighted by Crippen LogP contribution is -1.82. The maximum absolute atomic E-state index is 2.22. The molecule has 1 rings (SSSR count). The van der Waals surface area contributed by atoms with Crippen molar-refractivity contribution < 1.29 is 0 Å². The molecule has 0 saturated carbocycles. The smallest absolute Gasteiger partial charge is 0.00137 e. The molecule has 0 nitrogen and oxygen atoms in total. The van der Waals surface area contributed by atoms with E-state index in [0.29, 0.717) is 0 Å². The van der Waals surface area contributed by atoms with E-state index >= 15 is 0 Å². The van der Waals surface area contributed by atoms with Crippen LogP contribution in [-0.4, -0.2) is 0 Å². The van der Waals surface area contributed by atoms with Crippen molar-refractivity contribution in [3.63, 3.8) is 0 Å². The van der Waals surface area contributed by atoms with Crippen molar-refractivity contribution >= 4 is 0 Å². The highest BCUT2D eigenvalue weighted by Gasteiger charge is 2.17. The summed E-state index contributed by atoms with van der Waals surface area (Å²) in [7, 11) is 0. The van der Waals surface area contributed by atoms with Crippen LogP contribution in [0.1, 0.15) is 34.1 Å². The average Bonchev–Trinajstić information content (AvgIpc) is 2.61. The Kier molecular flexibility index (Phi) is 5.48. The second-order valence-corrected chi connectivity index (χ2v) is 4.05. The van der Waals surface area contributed by atoms with E-state index in [2.05, 4.69) is 76.3 Å². The summed E-state index contributed by atoms with van der Waals surface area (Å²) in [6.45, 7) is 8.29. The Labute approximate surface area is 105 Å². The molecule has 0 heteroatoms. The van der Waals surface area contributed by atoms with E-state index < -0.39 is 0 Å². The SMILES string of the molecule is C/C=C\C1=C(/C=C\C)C(/C=C\C)=C(/C=C\C)C1. The maximum Gasteiger partial charge on any atom is -0.00137 e. The number of rotatable bonds is 4. The fraction of sp³-hybridized carbons (Fsp3) is 0.294. The minimum atomic E-state index is 1.04. The highest BCUT2D eigenvalue weighted by Crippen LogP contribution is 2.35. The second-order valence-electron chi connectivity index (χ2n) is 4.05. The van der Waals surface area contributed by atoms with Crippen LogP contribution < -0.4 is 0 Å². The molecule has 0 unspecified atom stereocenters. The molecule has 0 aromatic carbocycles. The minimum Gasteiger partial charge on any atom is -0.0874 e. The topological polar surface area (TPSA) is 0 Å². The Balaban J connectivity index is 3.28. The van der Waals surface area contributed by atoms with Gasteiger partial charge in [-0.3, -0.25) is 0 Å². The van der Waals surface area contributed by atoms with Crippen molar-refractivity contribution in [3.05, 3.63) is 70.9 Å². The third-order valence-electron chi connectivity index (χ3n) is 2.77. The molecule has 0 aromatic heterocycles. The molecule has 17 heavy (non-hydrogen) atoms. The average molecular weight is 226 g/mol. The van der Waals surface area contributed by atoms with Gasteiger partial charge in [-0.15, -0.1) is 0 Å². The summed E-state index contributed by atoms with van der Waals surface area (Å²) in [4.78, 5) is 0. The summed E-state index contributed by atoms with van der Waals surface area (Å²) in [6, 6.07) is 0. The predicted molar refractivity (Wildman–Crippen MR) is 77.9 cm³/mol. The Morgan fingerprint density at radius 2 is 0.941 bits per heavy atom. The van der Waals surface area contributed by atoms with Gasteiger partial charge >= 0.3 is 0 Å². The molecule has 0 fully saturated rings. The first-order valence-electron chi connectivity index (χ1n) is 6.25. The zero-order valence-corrected chi connectivity index (χ0v) is 11.3. The predicted octanol–water partition coefficient (Wildman–Crippen LogP) is 5.29. The van der Waals surface area contributed by atoms with Crippen LogP contribution >= 0.6 is 0 Å². The number of hydrogen-bond donors (Lipinski definition) is 0. The largest absolute Gasteiger partial charge is 0.0874 e.